The minimum absolute atomic E-state index is 0.321. The van der Waals surface area contributed by atoms with Crippen LogP contribution in [-0.2, 0) is 11.3 Å². The zero-order valence-corrected chi connectivity index (χ0v) is 7.86. The van der Waals surface area contributed by atoms with Crippen LogP contribution in [0, 0.1) is 11.3 Å². The molecule has 0 atom stereocenters. The molecule has 0 amide bonds. The first kappa shape index (κ1) is 9.20. The van der Waals surface area contributed by atoms with E-state index in [0.717, 1.165) is 18.7 Å². The molecule has 3 nitrogen and oxygen atoms in total. The third-order valence-electron chi connectivity index (χ3n) is 2.36. The van der Waals surface area contributed by atoms with E-state index in [1.807, 2.05) is 24.3 Å². The number of rotatable bonds is 3. The van der Waals surface area contributed by atoms with Crippen LogP contribution in [0.3, 0.4) is 0 Å². The largest absolute Gasteiger partial charge is 0.371 e. The summed E-state index contributed by atoms with van der Waals surface area (Å²) < 4.78 is 5.59. The molecule has 1 fully saturated rings. The van der Waals surface area contributed by atoms with Gasteiger partial charge in [-0.05, 0) is 11.6 Å². The van der Waals surface area contributed by atoms with Gasteiger partial charge < -0.3 is 10.1 Å². The first-order chi connectivity index (χ1) is 6.90. The highest BCUT2D eigenvalue weighted by atomic mass is 16.5. The summed E-state index contributed by atoms with van der Waals surface area (Å²) in [5, 5.41) is 12.0. The summed E-state index contributed by atoms with van der Waals surface area (Å²) in [7, 11) is 0. The highest BCUT2D eigenvalue weighted by molar-refractivity contribution is 5.36. The monoisotopic (exact) mass is 188 g/mol. The molecule has 14 heavy (non-hydrogen) atoms. The van der Waals surface area contributed by atoms with Crippen LogP contribution in [0.5, 0.6) is 0 Å². The number of nitriles is 1. The second-order valence-electron chi connectivity index (χ2n) is 3.36. The molecule has 72 valence electrons. The summed E-state index contributed by atoms with van der Waals surface area (Å²) in [4.78, 5) is 0. The first-order valence-electron chi connectivity index (χ1n) is 4.70. The van der Waals surface area contributed by atoms with E-state index in [1.54, 1.807) is 0 Å². The van der Waals surface area contributed by atoms with Crippen molar-refractivity contribution in [2.45, 2.75) is 12.7 Å². The third-order valence-corrected chi connectivity index (χ3v) is 2.36. The predicted molar refractivity (Wildman–Crippen MR) is 52.6 cm³/mol. The van der Waals surface area contributed by atoms with Crippen molar-refractivity contribution in [3.8, 4) is 6.07 Å². The van der Waals surface area contributed by atoms with Gasteiger partial charge in [0.25, 0.3) is 0 Å². The van der Waals surface area contributed by atoms with Gasteiger partial charge in [0, 0.05) is 13.1 Å². The molecule has 1 aliphatic rings. The molecule has 1 N–H and O–H groups in total. The maximum atomic E-state index is 8.84. The second-order valence-corrected chi connectivity index (χ2v) is 3.36. The predicted octanol–water partition coefficient (Wildman–Crippen LogP) is 1.05. The van der Waals surface area contributed by atoms with Gasteiger partial charge in [-0.2, -0.15) is 5.26 Å². The lowest BCUT2D eigenvalue weighted by atomic mass is 10.1. The van der Waals surface area contributed by atoms with Crippen molar-refractivity contribution in [2.75, 3.05) is 13.1 Å². The molecule has 0 radical (unpaired) electrons. The molecule has 2 rings (SSSR count). The van der Waals surface area contributed by atoms with Gasteiger partial charge in [-0.15, -0.1) is 0 Å². The Balaban J connectivity index is 1.97. The maximum absolute atomic E-state index is 8.84. The molecule has 1 aliphatic heterocycles. The quantitative estimate of drug-likeness (QED) is 0.771. The van der Waals surface area contributed by atoms with E-state index >= 15 is 0 Å². The Morgan fingerprint density at radius 3 is 2.86 bits per heavy atom. The van der Waals surface area contributed by atoms with Crippen LogP contribution in [0.2, 0.25) is 0 Å². The van der Waals surface area contributed by atoms with Crippen molar-refractivity contribution < 1.29 is 4.74 Å². The number of nitrogens with zero attached hydrogens (tertiary/aromatic N) is 1. The fraction of sp³-hybridized carbons (Fsp3) is 0.364. The van der Waals surface area contributed by atoms with Crippen molar-refractivity contribution in [1.29, 1.82) is 5.26 Å². The average molecular weight is 188 g/mol. The van der Waals surface area contributed by atoms with Crippen molar-refractivity contribution in [3.63, 3.8) is 0 Å². The maximum Gasteiger partial charge on any atom is 0.0995 e. The van der Waals surface area contributed by atoms with Crippen LogP contribution in [0.4, 0.5) is 0 Å². The summed E-state index contributed by atoms with van der Waals surface area (Å²) in [5.74, 6) is 0. The van der Waals surface area contributed by atoms with Crippen LogP contribution in [-0.4, -0.2) is 19.2 Å². The number of ether oxygens (including phenoxy) is 1. The standard InChI is InChI=1S/C11H12N2O/c12-5-9-3-1-2-4-10(9)8-14-11-6-13-7-11/h1-4,11,13H,6-8H2. The SMILES string of the molecule is N#Cc1ccccc1COC1CNC1. The molecular weight excluding hydrogens is 176 g/mol. The van der Waals surface area contributed by atoms with Gasteiger partial charge in [-0.25, -0.2) is 0 Å². The average Bonchev–Trinajstić information content (AvgIpc) is 2.16. The van der Waals surface area contributed by atoms with Crippen LogP contribution < -0.4 is 5.32 Å². The summed E-state index contributed by atoms with van der Waals surface area (Å²) in [5.41, 5.74) is 1.68. The molecule has 1 heterocycles. The minimum atomic E-state index is 0.321. The van der Waals surface area contributed by atoms with E-state index < -0.39 is 0 Å². The molecule has 0 unspecified atom stereocenters. The Kier molecular flexibility index (Phi) is 2.78. The van der Waals surface area contributed by atoms with E-state index in [9.17, 15) is 0 Å². The van der Waals surface area contributed by atoms with Crippen molar-refractivity contribution in [3.05, 3.63) is 35.4 Å². The fourth-order valence-electron chi connectivity index (χ4n) is 1.34. The summed E-state index contributed by atoms with van der Waals surface area (Å²) in [6.45, 7) is 2.39. The van der Waals surface area contributed by atoms with E-state index in [0.29, 0.717) is 18.3 Å². The third kappa shape index (κ3) is 1.92. The minimum Gasteiger partial charge on any atom is -0.371 e. The molecule has 0 aliphatic carbocycles. The Bertz CT molecular complexity index is 353. The Hall–Kier alpha value is -1.37. The summed E-state index contributed by atoms with van der Waals surface area (Å²) in [6, 6.07) is 9.71. The zero-order valence-electron chi connectivity index (χ0n) is 7.86. The topological polar surface area (TPSA) is 45.0 Å². The zero-order chi connectivity index (χ0) is 9.80. The number of hydrogen-bond donors (Lipinski definition) is 1. The van der Waals surface area contributed by atoms with Crippen LogP contribution in [0.1, 0.15) is 11.1 Å². The fourth-order valence-corrected chi connectivity index (χ4v) is 1.34. The Morgan fingerprint density at radius 1 is 1.43 bits per heavy atom. The van der Waals surface area contributed by atoms with E-state index in [2.05, 4.69) is 11.4 Å². The van der Waals surface area contributed by atoms with E-state index in [4.69, 9.17) is 10.00 Å². The van der Waals surface area contributed by atoms with Gasteiger partial charge in [0.05, 0.1) is 24.3 Å². The highest BCUT2D eigenvalue weighted by Crippen LogP contribution is 2.10. The summed E-state index contributed by atoms with van der Waals surface area (Å²) in [6.07, 6.45) is 0.321. The van der Waals surface area contributed by atoms with Crippen molar-refractivity contribution in [1.82, 2.24) is 5.32 Å². The Morgan fingerprint density at radius 2 is 2.21 bits per heavy atom. The number of benzene rings is 1. The van der Waals surface area contributed by atoms with Gasteiger partial charge in [0.15, 0.2) is 0 Å². The Labute approximate surface area is 83.3 Å². The molecule has 0 saturated carbocycles. The van der Waals surface area contributed by atoms with Gasteiger partial charge in [-0.3, -0.25) is 0 Å². The highest BCUT2D eigenvalue weighted by Gasteiger charge is 2.17. The normalized spacial score (nSPS) is 15.9. The van der Waals surface area contributed by atoms with Crippen molar-refractivity contribution >= 4 is 0 Å². The van der Waals surface area contributed by atoms with Crippen molar-refractivity contribution in [2.24, 2.45) is 0 Å². The van der Waals surface area contributed by atoms with Crippen LogP contribution in [0.15, 0.2) is 24.3 Å². The van der Waals surface area contributed by atoms with Gasteiger partial charge in [-0.1, -0.05) is 18.2 Å². The lowest BCUT2D eigenvalue weighted by molar-refractivity contribution is 0.00749. The first-order valence-corrected chi connectivity index (χ1v) is 4.70. The van der Waals surface area contributed by atoms with E-state index in [1.165, 1.54) is 0 Å². The molecule has 0 spiro atoms. The summed E-state index contributed by atoms with van der Waals surface area (Å²) >= 11 is 0. The smallest absolute Gasteiger partial charge is 0.0995 e. The van der Waals surface area contributed by atoms with Crippen LogP contribution in [0.25, 0.3) is 0 Å². The second kappa shape index (κ2) is 4.23. The lowest BCUT2D eigenvalue weighted by Crippen LogP contribution is -2.48. The number of hydrogen-bond acceptors (Lipinski definition) is 3. The van der Waals surface area contributed by atoms with Crippen LogP contribution >= 0.6 is 0 Å². The van der Waals surface area contributed by atoms with Gasteiger partial charge in [0.2, 0.25) is 0 Å². The number of nitrogens with one attached hydrogen (secondary N) is 1. The molecular formula is C11H12N2O. The molecule has 1 aromatic rings. The van der Waals surface area contributed by atoms with Gasteiger partial charge >= 0.3 is 0 Å². The van der Waals surface area contributed by atoms with E-state index in [-0.39, 0.29) is 0 Å². The molecule has 0 bridgehead atoms. The van der Waals surface area contributed by atoms with Gasteiger partial charge in [0.1, 0.15) is 0 Å². The molecule has 3 heteroatoms. The lowest BCUT2D eigenvalue weighted by Gasteiger charge is -2.27. The molecule has 0 aromatic heterocycles. The molecule has 1 saturated heterocycles. The molecule has 1 aromatic carbocycles.